The summed E-state index contributed by atoms with van der Waals surface area (Å²) in [4.78, 5) is 35.1. The van der Waals surface area contributed by atoms with Gasteiger partial charge in [-0.15, -0.1) is 0 Å². The number of halogens is 2. The van der Waals surface area contributed by atoms with E-state index in [1.165, 1.54) is 19.3 Å². The zero-order chi connectivity index (χ0) is 28.7. The Labute approximate surface area is 250 Å². The van der Waals surface area contributed by atoms with Crippen molar-refractivity contribution in [2.45, 2.75) is 56.4 Å². The average Bonchev–Trinajstić information content (AvgIpc) is 2.97. The first-order valence-corrected chi connectivity index (χ1v) is 15.4. The fourth-order valence-corrected chi connectivity index (χ4v) is 6.66. The third kappa shape index (κ3) is 7.58. The van der Waals surface area contributed by atoms with Gasteiger partial charge in [-0.05, 0) is 75.0 Å². The lowest BCUT2D eigenvalue weighted by Crippen LogP contribution is -2.64. The second-order valence-electron chi connectivity index (χ2n) is 11.7. The van der Waals surface area contributed by atoms with Gasteiger partial charge < -0.3 is 14.7 Å². The van der Waals surface area contributed by atoms with Crippen LogP contribution in [0.3, 0.4) is 0 Å². The van der Waals surface area contributed by atoms with E-state index in [1.54, 1.807) is 4.90 Å². The summed E-state index contributed by atoms with van der Waals surface area (Å²) in [6, 6.07) is 15.7. The highest BCUT2D eigenvalue weighted by molar-refractivity contribution is 6.42. The van der Waals surface area contributed by atoms with Gasteiger partial charge in [0.2, 0.25) is 11.8 Å². The van der Waals surface area contributed by atoms with E-state index in [1.807, 2.05) is 74.6 Å². The molecule has 2 amide bonds. The minimum Gasteiger partial charge on any atom is -0.347 e. The Morgan fingerprint density at radius 2 is 1.57 bits per heavy atom. The topological polar surface area (TPSA) is 47.1 Å². The van der Waals surface area contributed by atoms with Crippen molar-refractivity contribution < 1.29 is 9.59 Å². The van der Waals surface area contributed by atoms with Crippen LogP contribution < -0.4 is 0 Å². The minimum atomic E-state index is -0.381. The van der Waals surface area contributed by atoms with E-state index in [9.17, 15) is 9.59 Å². The highest BCUT2D eigenvalue weighted by Crippen LogP contribution is 2.34. The second-order valence-corrected chi connectivity index (χ2v) is 12.5. The predicted molar refractivity (Wildman–Crippen MR) is 164 cm³/mol. The van der Waals surface area contributed by atoms with E-state index >= 15 is 0 Å². The molecule has 0 spiro atoms. The Kier molecular flexibility index (Phi) is 10.9. The number of likely N-dealkylation sites (N-methyl/N-ethyl adjacent to an activating group) is 2. The number of hydrogen-bond acceptors (Lipinski definition) is 4. The summed E-state index contributed by atoms with van der Waals surface area (Å²) in [5, 5.41) is 1.07. The number of rotatable bonds is 10. The van der Waals surface area contributed by atoms with Crippen molar-refractivity contribution in [3.8, 4) is 0 Å². The van der Waals surface area contributed by atoms with Crippen LogP contribution in [-0.4, -0.2) is 97.4 Å². The molecule has 0 saturated carbocycles. The van der Waals surface area contributed by atoms with Gasteiger partial charge in [-0.25, -0.2) is 0 Å². The van der Waals surface area contributed by atoms with Gasteiger partial charge in [-0.3, -0.25) is 14.5 Å². The number of likely N-dealkylation sites (tertiary alicyclic amines) is 2. The summed E-state index contributed by atoms with van der Waals surface area (Å²) in [5.74, 6) is 0.473. The van der Waals surface area contributed by atoms with Crippen LogP contribution >= 0.6 is 23.2 Å². The Morgan fingerprint density at radius 1 is 0.900 bits per heavy atom. The molecule has 1 atom stereocenters. The van der Waals surface area contributed by atoms with Crippen molar-refractivity contribution in [1.82, 2.24) is 19.6 Å². The Balaban J connectivity index is 1.42. The molecule has 2 aromatic rings. The van der Waals surface area contributed by atoms with E-state index in [0.717, 1.165) is 63.1 Å². The zero-order valence-electron chi connectivity index (χ0n) is 24.2. The largest absolute Gasteiger partial charge is 0.347 e. The lowest BCUT2D eigenvalue weighted by Gasteiger charge is -2.50. The normalized spacial score (nSPS) is 18.7. The SMILES string of the molecule is CN(C)C(=O)C1(N2CCCCC2)CCN(CCC(CN(C)C(=O)Cc2ccccc2)c2ccc(Cl)c(Cl)c2)CC1. The molecular formula is C32H44Cl2N4O2. The van der Waals surface area contributed by atoms with Crippen molar-refractivity contribution in [3.05, 3.63) is 69.7 Å². The Bertz CT molecular complexity index is 1130. The lowest BCUT2D eigenvalue weighted by molar-refractivity contribution is -0.147. The van der Waals surface area contributed by atoms with Gasteiger partial charge in [0.15, 0.2) is 0 Å². The van der Waals surface area contributed by atoms with E-state index in [2.05, 4.69) is 9.80 Å². The molecule has 2 aliphatic heterocycles. The molecule has 1 unspecified atom stereocenters. The van der Waals surface area contributed by atoms with Gasteiger partial charge in [0.25, 0.3) is 0 Å². The molecule has 2 aliphatic rings. The summed E-state index contributed by atoms with van der Waals surface area (Å²) >= 11 is 12.6. The molecule has 4 rings (SSSR count). The maximum atomic E-state index is 13.5. The molecule has 40 heavy (non-hydrogen) atoms. The number of carbonyl (C=O) groups is 2. The molecule has 2 heterocycles. The van der Waals surface area contributed by atoms with E-state index < -0.39 is 0 Å². The number of carbonyl (C=O) groups excluding carboxylic acids is 2. The summed E-state index contributed by atoms with van der Waals surface area (Å²) in [5.41, 5.74) is 1.73. The Morgan fingerprint density at radius 3 is 2.20 bits per heavy atom. The Hall–Kier alpha value is -2.12. The molecule has 0 radical (unpaired) electrons. The van der Waals surface area contributed by atoms with Crippen LogP contribution in [0.15, 0.2) is 48.5 Å². The second kappa shape index (κ2) is 14.2. The monoisotopic (exact) mass is 586 g/mol. The highest BCUT2D eigenvalue weighted by Gasteiger charge is 2.47. The van der Waals surface area contributed by atoms with E-state index in [0.29, 0.717) is 23.0 Å². The van der Waals surface area contributed by atoms with Gasteiger partial charge in [0.1, 0.15) is 5.54 Å². The predicted octanol–water partition coefficient (Wildman–Crippen LogP) is 5.58. The van der Waals surface area contributed by atoms with Crippen LogP contribution in [0.4, 0.5) is 0 Å². The van der Waals surface area contributed by atoms with Crippen molar-refractivity contribution in [1.29, 1.82) is 0 Å². The molecule has 2 saturated heterocycles. The van der Waals surface area contributed by atoms with E-state index in [4.69, 9.17) is 23.2 Å². The van der Waals surface area contributed by atoms with Crippen molar-refractivity contribution in [2.24, 2.45) is 0 Å². The minimum absolute atomic E-state index is 0.0998. The van der Waals surface area contributed by atoms with Crippen LogP contribution in [-0.2, 0) is 16.0 Å². The molecule has 0 aliphatic carbocycles. The summed E-state index contributed by atoms with van der Waals surface area (Å²) in [6.07, 6.45) is 6.60. The zero-order valence-corrected chi connectivity index (χ0v) is 25.8. The molecule has 0 bridgehead atoms. The molecular weight excluding hydrogens is 543 g/mol. The summed E-state index contributed by atoms with van der Waals surface area (Å²) < 4.78 is 0. The number of nitrogens with zero attached hydrogens (tertiary/aromatic N) is 4. The van der Waals surface area contributed by atoms with Gasteiger partial charge in [0, 0.05) is 46.7 Å². The fraction of sp³-hybridized carbons (Fsp3) is 0.562. The van der Waals surface area contributed by atoms with Crippen LogP contribution in [0.5, 0.6) is 0 Å². The van der Waals surface area contributed by atoms with Crippen LogP contribution in [0, 0.1) is 0 Å². The van der Waals surface area contributed by atoms with Crippen molar-refractivity contribution >= 4 is 35.0 Å². The number of piperidine rings is 2. The maximum Gasteiger partial charge on any atom is 0.242 e. The molecule has 6 nitrogen and oxygen atoms in total. The number of hydrogen-bond donors (Lipinski definition) is 0. The third-order valence-electron chi connectivity index (χ3n) is 8.78. The molecule has 0 aromatic heterocycles. The van der Waals surface area contributed by atoms with Gasteiger partial charge in [-0.1, -0.05) is 66.0 Å². The first-order valence-electron chi connectivity index (χ1n) is 14.6. The highest BCUT2D eigenvalue weighted by atomic mass is 35.5. The summed E-state index contributed by atoms with van der Waals surface area (Å²) in [6.45, 7) is 5.33. The van der Waals surface area contributed by atoms with Crippen molar-refractivity contribution in [3.63, 3.8) is 0 Å². The molecule has 0 N–H and O–H groups in total. The first kappa shape index (κ1) is 30.8. The fourth-order valence-electron chi connectivity index (χ4n) is 6.36. The van der Waals surface area contributed by atoms with E-state index in [-0.39, 0.29) is 23.3 Å². The number of benzene rings is 2. The molecule has 2 aromatic carbocycles. The smallest absolute Gasteiger partial charge is 0.242 e. The standard InChI is InChI=1S/C32H44Cl2N4O2/c1-35(2)31(40)32(38-17-8-5-9-18-38)15-20-37(21-16-32)19-14-27(26-12-13-28(33)29(34)23-26)24-36(3)30(39)22-25-10-6-4-7-11-25/h4,6-7,10-13,23,27H,5,8-9,14-22,24H2,1-3H3. The third-order valence-corrected chi connectivity index (χ3v) is 9.51. The van der Waals surface area contributed by atoms with Gasteiger partial charge in [-0.2, -0.15) is 0 Å². The molecule has 218 valence electrons. The van der Waals surface area contributed by atoms with Crippen molar-refractivity contribution in [2.75, 3.05) is 60.4 Å². The molecule has 2 fully saturated rings. The quantitative estimate of drug-likeness (QED) is 0.365. The van der Waals surface area contributed by atoms with Crippen LogP contribution in [0.2, 0.25) is 10.0 Å². The van der Waals surface area contributed by atoms with Gasteiger partial charge in [0.05, 0.1) is 16.5 Å². The maximum absolute atomic E-state index is 13.5. The van der Waals surface area contributed by atoms with Gasteiger partial charge >= 0.3 is 0 Å². The average molecular weight is 588 g/mol. The van der Waals surface area contributed by atoms with Crippen LogP contribution in [0.25, 0.3) is 0 Å². The number of amides is 2. The lowest BCUT2D eigenvalue weighted by atomic mass is 9.82. The summed E-state index contributed by atoms with van der Waals surface area (Å²) in [7, 11) is 5.66. The van der Waals surface area contributed by atoms with Crippen LogP contribution in [0.1, 0.15) is 55.6 Å². The first-order chi connectivity index (χ1) is 19.2. The molecule has 8 heteroatoms.